The minimum absolute atomic E-state index is 0.117. The van der Waals surface area contributed by atoms with Crippen LogP contribution in [0.25, 0.3) is 0 Å². The highest BCUT2D eigenvalue weighted by molar-refractivity contribution is 5.87. The lowest BCUT2D eigenvalue weighted by atomic mass is 10.3. The normalized spacial score (nSPS) is 10.8. The van der Waals surface area contributed by atoms with Crippen molar-refractivity contribution in [1.29, 1.82) is 0 Å². The van der Waals surface area contributed by atoms with E-state index in [0.29, 0.717) is 25.6 Å². The van der Waals surface area contributed by atoms with Crippen LogP contribution in [0.2, 0.25) is 0 Å². The molecule has 0 N–H and O–H groups in total. The molecule has 1 heterocycles. The van der Waals surface area contributed by atoms with Crippen molar-refractivity contribution in [3.8, 4) is 0 Å². The first-order chi connectivity index (χ1) is 8.22. The first-order valence-electron chi connectivity index (χ1n) is 5.59. The molecule has 1 aromatic heterocycles. The summed E-state index contributed by atoms with van der Waals surface area (Å²) >= 11 is 0. The fourth-order valence-electron chi connectivity index (χ4n) is 1.22. The van der Waals surface area contributed by atoms with E-state index < -0.39 is 12.3 Å². The first kappa shape index (κ1) is 13.7. The lowest BCUT2D eigenvalue weighted by Crippen LogP contribution is -2.08. The summed E-state index contributed by atoms with van der Waals surface area (Å²) in [6.07, 6.45) is -0.638. The number of carbonyl (C=O) groups excluding carboxylic acids is 1. The van der Waals surface area contributed by atoms with Gasteiger partial charge in [-0.05, 0) is 20.8 Å². The molecule has 96 valence electrons. The van der Waals surface area contributed by atoms with E-state index in [4.69, 9.17) is 18.7 Å². The Morgan fingerprint density at radius 2 is 1.94 bits per heavy atom. The molecule has 0 aliphatic heterocycles. The van der Waals surface area contributed by atoms with Crippen LogP contribution in [0.4, 0.5) is 0 Å². The zero-order chi connectivity index (χ0) is 12.7. The first-order valence-corrected chi connectivity index (χ1v) is 5.59. The van der Waals surface area contributed by atoms with Gasteiger partial charge in [-0.2, -0.15) is 0 Å². The molecule has 0 spiro atoms. The predicted molar refractivity (Wildman–Crippen MR) is 58.5 cm³/mol. The summed E-state index contributed by atoms with van der Waals surface area (Å²) < 4.78 is 20.4. The standard InChI is InChI=1S/C11H17NO5/c1-4-14-10(13)8-7-9(17-12-8)11(15-5-2)16-6-3/h7,11H,4-6H2,1-3H3. The van der Waals surface area contributed by atoms with Crippen molar-refractivity contribution in [2.24, 2.45) is 0 Å². The van der Waals surface area contributed by atoms with Gasteiger partial charge in [0.15, 0.2) is 11.5 Å². The van der Waals surface area contributed by atoms with E-state index in [1.165, 1.54) is 6.07 Å². The molecule has 0 aromatic carbocycles. The Morgan fingerprint density at radius 3 is 2.47 bits per heavy atom. The third kappa shape index (κ3) is 3.83. The Morgan fingerprint density at radius 1 is 1.29 bits per heavy atom. The second kappa shape index (κ2) is 7.03. The van der Waals surface area contributed by atoms with E-state index in [9.17, 15) is 4.79 Å². The number of esters is 1. The molecule has 17 heavy (non-hydrogen) atoms. The molecule has 0 atom stereocenters. The smallest absolute Gasteiger partial charge is 0.360 e. The summed E-state index contributed by atoms with van der Waals surface area (Å²) in [5.41, 5.74) is 0.117. The monoisotopic (exact) mass is 243 g/mol. The topological polar surface area (TPSA) is 70.8 Å². The Labute approximate surface area is 99.8 Å². The lowest BCUT2D eigenvalue weighted by molar-refractivity contribution is -0.152. The minimum Gasteiger partial charge on any atom is -0.461 e. The Kier molecular flexibility index (Phi) is 5.65. The zero-order valence-electron chi connectivity index (χ0n) is 10.3. The Hall–Kier alpha value is -1.40. The van der Waals surface area contributed by atoms with Crippen molar-refractivity contribution in [2.75, 3.05) is 19.8 Å². The molecule has 0 radical (unpaired) electrons. The van der Waals surface area contributed by atoms with Crippen LogP contribution in [0, 0.1) is 0 Å². The zero-order valence-corrected chi connectivity index (χ0v) is 10.3. The fourth-order valence-corrected chi connectivity index (χ4v) is 1.22. The largest absolute Gasteiger partial charge is 0.461 e. The molecule has 0 bridgehead atoms. The van der Waals surface area contributed by atoms with Crippen molar-refractivity contribution in [2.45, 2.75) is 27.1 Å². The van der Waals surface area contributed by atoms with E-state index in [1.807, 2.05) is 13.8 Å². The number of hydrogen-bond donors (Lipinski definition) is 0. The lowest BCUT2D eigenvalue weighted by Gasteiger charge is -2.12. The van der Waals surface area contributed by atoms with Crippen molar-refractivity contribution in [3.05, 3.63) is 17.5 Å². The van der Waals surface area contributed by atoms with Gasteiger partial charge in [0, 0.05) is 19.3 Å². The summed E-state index contributed by atoms with van der Waals surface area (Å²) in [6, 6.07) is 1.47. The van der Waals surface area contributed by atoms with E-state index in [0.717, 1.165) is 0 Å². The second-order valence-electron chi connectivity index (χ2n) is 3.08. The second-order valence-corrected chi connectivity index (χ2v) is 3.08. The summed E-state index contributed by atoms with van der Waals surface area (Å²) in [5, 5.41) is 3.61. The molecule has 1 aromatic rings. The number of hydrogen-bond acceptors (Lipinski definition) is 6. The average Bonchev–Trinajstić information content (AvgIpc) is 2.78. The summed E-state index contributed by atoms with van der Waals surface area (Å²) in [7, 11) is 0. The molecule has 6 heteroatoms. The maximum absolute atomic E-state index is 11.4. The third-order valence-corrected chi connectivity index (χ3v) is 1.88. The number of nitrogens with zero attached hydrogens (tertiary/aromatic N) is 1. The number of aromatic nitrogens is 1. The van der Waals surface area contributed by atoms with E-state index in [2.05, 4.69) is 5.16 Å². The van der Waals surface area contributed by atoms with Crippen LogP contribution in [-0.2, 0) is 14.2 Å². The van der Waals surface area contributed by atoms with Crippen LogP contribution in [0.3, 0.4) is 0 Å². The molecule has 0 unspecified atom stereocenters. The average molecular weight is 243 g/mol. The van der Waals surface area contributed by atoms with Crippen LogP contribution in [-0.4, -0.2) is 30.9 Å². The molecule has 0 amide bonds. The molecule has 1 rings (SSSR count). The quantitative estimate of drug-likeness (QED) is 0.538. The molecular formula is C11H17NO5. The van der Waals surface area contributed by atoms with Gasteiger partial charge in [-0.15, -0.1) is 0 Å². The van der Waals surface area contributed by atoms with Crippen LogP contribution in [0.5, 0.6) is 0 Å². The van der Waals surface area contributed by atoms with E-state index in [-0.39, 0.29) is 5.69 Å². The molecule has 0 fully saturated rings. The van der Waals surface area contributed by atoms with Gasteiger partial charge < -0.3 is 18.7 Å². The maximum Gasteiger partial charge on any atom is 0.360 e. The molecule has 0 aliphatic rings. The highest BCUT2D eigenvalue weighted by atomic mass is 16.7. The Bertz CT molecular complexity index is 343. The predicted octanol–water partition coefficient (Wildman–Crippen LogP) is 1.92. The van der Waals surface area contributed by atoms with Gasteiger partial charge in [-0.25, -0.2) is 4.79 Å². The van der Waals surface area contributed by atoms with Gasteiger partial charge in [-0.1, -0.05) is 5.16 Å². The van der Waals surface area contributed by atoms with E-state index >= 15 is 0 Å². The third-order valence-electron chi connectivity index (χ3n) is 1.88. The number of ether oxygens (including phenoxy) is 3. The van der Waals surface area contributed by atoms with Crippen LogP contribution >= 0.6 is 0 Å². The van der Waals surface area contributed by atoms with Crippen molar-refractivity contribution >= 4 is 5.97 Å². The molecule has 0 aliphatic carbocycles. The van der Waals surface area contributed by atoms with E-state index in [1.54, 1.807) is 6.92 Å². The van der Waals surface area contributed by atoms with Gasteiger partial charge in [0.05, 0.1) is 6.61 Å². The van der Waals surface area contributed by atoms with Crippen molar-refractivity contribution in [3.63, 3.8) is 0 Å². The van der Waals surface area contributed by atoms with Gasteiger partial charge in [0.2, 0.25) is 6.29 Å². The number of carbonyl (C=O) groups is 1. The molecule has 0 saturated heterocycles. The van der Waals surface area contributed by atoms with Gasteiger partial charge in [-0.3, -0.25) is 0 Å². The summed E-state index contributed by atoms with van der Waals surface area (Å²) in [6.45, 7) is 6.65. The maximum atomic E-state index is 11.4. The Balaban J connectivity index is 2.73. The van der Waals surface area contributed by atoms with Crippen LogP contribution < -0.4 is 0 Å². The fraction of sp³-hybridized carbons (Fsp3) is 0.636. The van der Waals surface area contributed by atoms with Crippen LogP contribution in [0.1, 0.15) is 43.3 Å². The van der Waals surface area contributed by atoms with Gasteiger partial charge in [0.1, 0.15) is 0 Å². The molecule has 6 nitrogen and oxygen atoms in total. The highest BCUT2D eigenvalue weighted by Crippen LogP contribution is 2.20. The molecule has 0 saturated carbocycles. The van der Waals surface area contributed by atoms with Gasteiger partial charge >= 0.3 is 5.97 Å². The minimum atomic E-state index is -0.638. The van der Waals surface area contributed by atoms with Crippen molar-refractivity contribution in [1.82, 2.24) is 5.16 Å². The van der Waals surface area contributed by atoms with Crippen LogP contribution in [0.15, 0.2) is 10.6 Å². The van der Waals surface area contributed by atoms with Crippen molar-refractivity contribution < 1.29 is 23.5 Å². The SMILES string of the molecule is CCOC(=O)c1cc(C(OCC)OCC)on1. The number of rotatable bonds is 7. The van der Waals surface area contributed by atoms with Gasteiger partial charge in [0.25, 0.3) is 0 Å². The highest BCUT2D eigenvalue weighted by Gasteiger charge is 2.20. The summed E-state index contributed by atoms with van der Waals surface area (Å²) in [5.74, 6) is -0.161. The molecular weight excluding hydrogens is 226 g/mol. The summed E-state index contributed by atoms with van der Waals surface area (Å²) in [4.78, 5) is 11.4.